The quantitative estimate of drug-likeness (QED) is 0.311. The number of halogens is 3. The SMILES string of the molecule is CCCCC(=O)NC(NC(=S)Nc1c(C)n(C)n(-c2ccccc2)c1=O)C(Cl)(Cl)Cl. The third-order valence-corrected chi connectivity index (χ3v) is 5.33. The molecule has 0 fully saturated rings. The smallest absolute Gasteiger partial charge is 0.295 e. The number of thiocarbonyl (C=S) groups is 1. The summed E-state index contributed by atoms with van der Waals surface area (Å²) in [4.78, 5) is 25.0. The van der Waals surface area contributed by atoms with E-state index in [1.54, 1.807) is 18.7 Å². The minimum Gasteiger partial charge on any atom is -0.339 e. The number of amides is 1. The van der Waals surface area contributed by atoms with Crippen LogP contribution in [-0.4, -0.2) is 30.3 Å². The summed E-state index contributed by atoms with van der Waals surface area (Å²) in [6.07, 6.45) is 0.797. The summed E-state index contributed by atoms with van der Waals surface area (Å²) in [6.45, 7) is 3.76. The van der Waals surface area contributed by atoms with Crippen LogP contribution in [0.4, 0.5) is 5.69 Å². The van der Waals surface area contributed by atoms with Gasteiger partial charge in [-0.2, -0.15) is 0 Å². The van der Waals surface area contributed by atoms with Crippen molar-refractivity contribution in [2.75, 3.05) is 5.32 Å². The Morgan fingerprint density at radius 2 is 1.83 bits per heavy atom. The van der Waals surface area contributed by atoms with Gasteiger partial charge in [0.05, 0.1) is 11.4 Å². The highest BCUT2D eigenvalue weighted by Crippen LogP contribution is 2.29. The Balaban J connectivity index is 2.20. The van der Waals surface area contributed by atoms with Crippen molar-refractivity contribution >= 4 is 63.7 Å². The number of aromatic nitrogens is 2. The molecular weight excluding hydrogens is 469 g/mol. The van der Waals surface area contributed by atoms with Crippen LogP contribution in [0.5, 0.6) is 0 Å². The van der Waals surface area contributed by atoms with Crippen LogP contribution in [0.15, 0.2) is 35.1 Å². The predicted octanol–water partition coefficient (Wildman–Crippen LogP) is 3.77. The van der Waals surface area contributed by atoms with Crippen molar-refractivity contribution in [3.63, 3.8) is 0 Å². The lowest BCUT2D eigenvalue weighted by Gasteiger charge is -2.27. The molecule has 11 heteroatoms. The fourth-order valence-corrected chi connectivity index (χ4v) is 3.31. The standard InChI is InChI=1S/C19H24Cl3N5O2S/c1-4-5-11-14(28)23-17(19(20,21)22)25-18(30)24-15-12(2)26(3)27(16(15)29)13-9-7-6-8-10-13/h6-10,17H,4-5,11H2,1-3H3,(H,23,28)(H2,24,25,30). The maximum absolute atomic E-state index is 13.0. The van der Waals surface area contributed by atoms with E-state index in [2.05, 4.69) is 16.0 Å². The Bertz CT molecular complexity index is 954. The van der Waals surface area contributed by atoms with Crippen LogP contribution in [0.2, 0.25) is 0 Å². The molecule has 2 aromatic rings. The van der Waals surface area contributed by atoms with Crippen molar-refractivity contribution in [3.8, 4) is 5.69 Å². The average molecular weight is 493 g/mol. The molecule has 0 saturated carbocycles. The number of carbonyl (C=O) groups is 1. The zero-order valence-corrected chi connectivity index (χ0v) is 19.9. The number of rotatable bonds is 7. The second-order valence-electron chi connectivity index (χ2n) is 6.68. The van der Waals surface area contributed by atoms with E-state index in [4.69, 9.17) is 47.0 Å². The van der Waals surface area contributed by atoms with Crippen LogP contribution in [0, 0.1) is 6.92 Å². The Morgan fingerprint density at radius 3 is 2.40 bits per heavy atom. The molecule has 0 aliphatic rings. The number of anilines is 1. The van der Waals surface area contributed by atoms with Crippen molar-refractivity contribution in [2.24, 2.45) is 7.05 Å². The number of hydrogen-bond donors (Lipinski definition) is 3. The molecule has 2 rings (SSSR count). The van der Waals surface area contributed by atoms with Crippen LogP contribution in [-0.2, 0) is 11.8 Å². The molecule has 0 saturated heterocycles. The predicted molar refractivity (Wildman–Crippen MR) is 127 cm³/mol. The van der Waals surface area contributed by atoms with E-state index in [1.165, 1.54) is 4.68 Å². The fourth-order valence-electron chi connectivity index (χ4n) is 2.76. The lowest BCUT2D eigenvalue weighted by Crippen LogP contribution is -2.56. The van der Waals surface area contributed by atoms with Gasteiger partial charge in [0, 0.05) is 13.5 Å². The van der Waals surface area contributed by atoms with Crippen LogP contribution in [0.3, 0.4) is 0 Å². The topological polar surface area (TPSA) is 80.1 Å². The molecular formula is C19H24Cl3N5O2S. The molecule has 30 heavy (non-hydrogen) atoms. The Labute approximate surface area is 195 Å². The highest BCUT2D eigenvalue weighted by molar-refractivity contribution is 7.80. The molecule has 0 aliphatic heterocycles. The third kappa shape index (κ3) is 6.14. The lowest BCUT2D eigenvalue weighted by molar-refractivity contribution is -0.122. The highest BCUT2D eigenvalue weighted by Gasteiger charge is 2.34. The van der Waals surface area contributed by atoms with Crippen LogP contribution in [0.25, 0.3) is 5.69 Å². The maximum Gasteiger partial charge on any atom is 0.295 e. The van der Waals surface area contributed by atoms with E-state index >= 15 is 0 Å². The number of alkyl halides is 3. The third-order valence-electron chi connectivity index (χ3n) is 4.46. The first-order chi connectivity index (χ1) is 14.1. The van der Waals surface area contributed by atoms with E-state index in [0.29, 0.717) is 24.2 Å². The molecule has 0 spiro atoms. The minimum absolute atomic E-state index is 0.0353. The Morgan fingerprint density at radius 1 is 1.20 bits per heavy atom. The number of para-hydroxylation sites is 1. The molecule has 3 N–H and O–H groups in total. The van der Waals surface area contributed by atoms with E-state index in [0.717, 1.165) is 6.42 Å². The van der Waals surface area contributed by atoms with Gasteiger partial charge in [-0.3, -0.25) is 14.3 Å². The molecule has 0 aliphatic carbocycles. The summed E-state index contributed by atoms with van der Waals surface area (Å²) in [5.74, 6) is -0.272. The zero-order chi connectivity index (χ0) is 22.5. The van der Waals surface area contributed by atoms with Gasteiger partial charge in [0.2, 0.25) is 9.70 Å². The van der Waals surface area contributed by atoms with E-state index in [9.17, 15) is 9.59 Å². The number of nitrogens with zero attached hydrogens (tertiary/aromatic N) is 2. The number of hydrogen-bond acceptors (Lipinski definition) is 3. The lowest BCUT2D eigenvalue weighted by atomic mass is 10.2. The van der Waals surface area contributed by atoms with Gasteiger partial charge < -0.3 is 16.0 Å². The molecule has 1 atom stereocenters. The summed E-state index contributed by atoms with van der Waals surface area (Å²) in [6, 6.07) is 9.21. The fraction of sp³-hybridized carbons (Fsp3) is 0.421. The van der Waals surface area contributed by atoms with Crippen LogP contribution < -0.4 is 21.5 Å². The highest BCUT2D eigenvalue weighted by atomic mass is 35.6. The summed E-state index contributed by atoms with van der Waals surface area (Å²) < 4.78 is 1.37. The van der Waals surface area contributed by atoms with Crippen molar-refractivity contribution in [1.29, 1.82) is 0 Å². The first-order valence-corrected chi connectivity index (χ1v) is 10.9. The summed E-state index contributed by atoms with van der Waals surface area (Å²) in [5, 5.41) is 8.29. The number of carbonyl (C=O) groups excluding carboxylic acids is 1. The first-order valence-electron chi connectivity index (χ1n) is 9.33. The molecule has 1 aromatic heterocycles. The molecule has 1 amide bonds. The van der Waals surface area contributed by atoms with Crippen molar-refractivity contribution in [3.05, 3.63) is 46.4 Å². The monoisotopic (exact) mass is 491 g/mol. The zero-order valence-electron chi connectivity index (χ0n) is 16.8. The van der Waals surface area contributed by atoms with Gasteiger partial charge >= 0.3 is 0 Å². The average Bonchev–Trinajstić information content (AvgIpc) is 2.89. The molecule has 0 bridgehead atoms. The summed E-state index contributed by atoms with van der Waals surface area (Å²) in [5.41, 5.74) is 1.36. The molecule has 164 valence electrons. The number of nitrogens with one attached hydrogen (secondary N) is 3. The van der Waals surface area contributed by atoms with Crippen molar-refractivity contribution in [2.45, 2.75) is 43.1 Å². The van der Waals surface area contributed by atoms with E-state index < -0.39 is 9.96 Å². The second kappa shape index (κ2) is 10.5. The summed E-state index contributed by atoms with van der Waals surface area (Å²) in [7, 11) is 1.77. The Hall–Kier alpha value is -1.74. The number of benzene rings is 1. The van der Waals surface area contributed by atoms with Crippen LogP contribution in [0.1, 0.15) is 31.9 Å². The molecule has 1 heterocycles. The van der Waals surface area contributed by atoms with Gasteiger partial charge in [-0.05, 0) is 37.7 Å². The number of unbranched alkanes of at least 4 members (excludes halogenated alkanes) is 1. The van der Waals surface area contributed by atoms with Crippen molar-refractivity contribution in [1.82, 2.24) is 20.0 Å². The minimum atomic E-state index is -1.86. The summed E-state index contributed by atoms with van der Waals surface area (Å²) >= 11 is 23.3. The van der Waals surface area contributed by atoms with E-state index in [-0.39, 0.29) is 22.3 Å². The second-order valence-corrected chi connectivity index (χ2v) is 9.46. The van der Waals surface area contributed by atoms with Crippen molar-refractivity contribution < 1.29 is 4.79 Å². The van der Waals surface area contributed by atoms with E-state index in [1.807, 2.05) is 37.3 Å². The Kier molecular flexibility index (Phi) is 8.61. The molecule has 7 nitrogen and oxygen atoms in total. The van der Waals surface area contributed by atoms with Crippen LogP contribution >= 0.6 is 47.0 Å². The largest absolute Gasteiger partial charge is 0.339 e. The van der Waals surface area contributed by atoms with Gasteiger partial charge in [-0.15, -0.1) is 0 Å². The molecule has 1 aromatic carbocycles. The molecule has 0 radical (unpaired) electrons. The van der Waals surface area contributed by atoms with Gasteiger partial charge in [-0.25, -0.2) is 4.68 Å². The maximum atomic E-state index is 13.0. The first kappa shape index (κ1) is 24.5. The van der Waals surface area contributed by atoms with Gasteiger partial charge in [0.1, 0.15) is 11.9 Å². The van der Waals surface area contributed by atoms with Gasteiger partial charge in [0.15, 0.2) is 5.11 Å². The van der Waals surface area contributed by atoms with Gasteiger partial charge in [-0.1, -0.05) is 66.3 Å². The normalized spacial score (nSPS) is 12.3. The molecule has 1 unspecified atom stereocenters. The van der Waals surface area contributed by atoms with Gasteiger partial charge in [0.25, 0.3) is 5.56 Å².